The number of phenols is 1. The summed E-state index contributed by atoms with van der Waals surface area (Å²) < 4.78 is 36.8. The number of unbranched alkanes of at least 4 members (excludes halogenated alkanes) is 10. The van der Waals surface area contributed by atoms with Crippen molar-refractivity contribution in [3.05, 3.63) is 48.0 Å². The highest BCUT2D eigenvalue weighted by Crippen LogP contribution is 2.29. The van der Waals surface area contributed by atoms with Crippen LogP contribution in [0.25, 0.3) is 0 Å². The van der Waals surface area contributed by atoms with E-state index >= 15 is 0 Å². The summed E-state index contributed by atoms with van der Waals surface area (Å²) in [4.78, 5) is -0.190. The van der Waals surface area contributed by atoms with E-state index in [1.54, 1.807) is 12.1 Å². The van der Waals surface area contributed by atoms with Crippen LogP contribution in [0.15, 0.2) is 47.4 Å². The molecule has 0 fully saturated rings. The second-order valence-electron chi connectivity index (χ2n) is 8.12. The van der Waals surface area contributed by atoms with Gasteiger partial charge in [0.05, 0.1) is 4.90 Å². The van der Waals surface area contributed by atoms with Crippen molar-refractivity contribution in [2.24, 2.45) is 0 Å². The maximum atomic E-state index is 11.1. The predicted octanol–water partition coefficient (Wildman–Crippen LogP) is 7.28. The summed E-state index contributed by atoms with van der Waals surface area (Å²) in [5, 5.41) is 10.3. The molecule has 0 atom stereocenters. The molecule has 0 amide bonds. The van der Waals surface area contributed by atoms with Crippen LogP contribution in [0.5, 0.6) is 17.2 Å². The Balaban J connectivity index is 1.67. The van der Waals surface area contributed by atoms with E-state index in [1.165, 1.54) is 88.5 Å². The van der Waals surface area contributed by atoms with Crippen molar-refractivity contribution in [1.82, 2.24) is 0 Å². The van der Waals surface area contributed by atoms with Gasteiger partial charge in [0.2, 0.25) is 0 Å². The molecule has 2 aromatic rings. The van der Waals surface area contributed by atoms with E-state index < -0.39 is 10.1 Å². The fourth-order valence-corrected chi connectivity index (χ4v) is 4.09. The average molecular weight is 449 g/mol. The Morgan fingerprint density at radius 3 is 1.77 bits per heavy atom. The lowest BCUT2D eigenvalue weighted by Crippen LogP contribution is -1.97. The molecule has 172 valence electrons. The predicted molar refractivity (Wildman–Crippen MR) is 125 cm³/mol. The van der Waals surface area contributed by atoms with Gasteiger partial charge in [-0.05, 0) is 48.7 Å². The molecule has 0 aliphatic carbocycles. The molecule has 6 heteroatoms. The van der Waals surface area contributed by atoms with Crippen molar-refractivity contribution in [2.45, 2.75) is 88.9 Å². The van der Waals surface area contributed by atoms with Crippen LogP contribution < -0.4 is 4.74 Å². The first kappa shape index (κ1) is 25.2. The van der Waals surface area contributed by atoms with Gasteiger partial charge in [0, 0.05) is 6.07 Å². The first-order chi connectivity index (χ1) is 14.9. The normalized spacial score (nSPS) is 11.5. The van der Waals surface area contributed by atoms with Crippen LogP contribution in [0.4, 0.5) is 0 Å². The molecule has 2 N–H and O–H groups in total. The topological polar surface area (TPSA) is 83.8 Å². The zero-order valence-corrected chi connectivity index (χ0v) is 19.4. The van der Waals surface area contributed by atoms with Gasteiger partial charge in [-0.25, -0.2) is 0 Å². The molecule has 0 bridgehead atoms. The summed E-state index contributed by atoms with van der Waals surface area (Å²) in [6.07, 6.45) is 15.1. The Hall–Kier alpha value is -2.05. The van der Waals surface area contributed by atoms with Crippen LogP contribution in [0.2, 0.25) is 0 Å². The van der Waals surface area contributed by atoms with Crippen LogP contribution in [0.3, 0.4) is 0 Å². The minimum Gasteiger partial charge on any atom is -0.508 e. The number of hydrogen-bond donors (Lipinski definition) is 2. The molecule has 0 radical (unpaired) electrons. The maximum absolute atomic E-state index is 11.1. The number of aromatic hydroxyl groups is 1. The monoisotopic (exact) mass is 448 g/mol. The molecule has 31 heavy (non-hydrogen) atoms. The highest BCUT2D eigenvalue weighted by atomic mass is 32.2. The minimum absolute atomic E-state index is 0.190. The zero-order valence-electron chi connectivity index (χ0n) is 18.6. The fraction of sp³-hybridized carbons (Fsp3) is 0.520. The van der Waals surface area contributed by atoms with Crippen LogP contribution in [-0.2, 0) is 16.5 Å². The van der Waals surface area contributed by atoms with E-state index in [0.29, 0.717) is 11.5 Å². The van der Waals surface area contributed by atoms with Gasteiger partial charge in [0.15, 0.2) is 0 Å². The van der Waals surface area contributed by atoms with Crippen molar-refractivity contribution >= 4 is 10.1 Å². The van der Waals surface area contributed by atoms with Gasteiger partial charge in [-0.3, -0.25) is 4.55 Å². The number of phenolic OH excluding ortho intramolecular Hbond substituents is 1. The largest absolute Gasteiger partial charge is 0.508 e. The summed E-state index contributed by atoms with van der Waals surface area (Å²) in [7, 11) is -4.22. The lowest BCUT2D eigenvalue weighted by molar-refractivity contribution is 0.448. The minimum atomic E-state index is -4.22. The van der Waals surface area contributed by atoms with Crippen molar-refractivity contribution in [1.29, 1.82) is 0 Å². The molecule has 0 spiro atoms. The van der Waals surface area contributed by atoms with Crippen LogP contribution in [0, 0.1) is 0 Å². The lowest BCUT2D eigenvalue weighted by atomic mass is 10.0. The molecule has 0 saturated heterocycles. The molecule has 2 aromatic carbocycles. The van der Waals surface area contributed by atoms with Crippen LogP contribution in [0.1, 0.15) is 83.1 Å². The Morgan fingerprint density at radius 1 is 0.742 bits per heavy atom. The van der Waals surface area contributed by atoms with Gasteiger partial charge in [0.1, 0.15) is 17.2 Å². The Labute approximate surface area is 187 Å². The smallest absolute Gasteiger partial charge is 0.294 e. The zero-order chi connectivity index (χ0) is 22.5. The summed E-state index contributed by atoms with van der Waals surface area (Å²) in [6.45, 7) is 2.25. The van der Waals surface area contributed by atoms with E-state index in [1.807, 2.05) is 6.07 Å². The number of rotatable bonds is 15. The van der Waals surface area contributed by atoms with Gasteiger partial charge < -0.3 is 9.84 Å². The van der Waals surface area contributed by atoms with E-state index in [0.717, 1.165) is 18.4 Å². The average Bonchev–Trinajstić information content (AvgIpc) is 2.73. The van der Waals surface area contributed by atoms with Crippen LogP contribution in [-0.4, -0.2) is 18.1 Å². The summed E-state index contributed by atoms with van der Waals surface area (Å²) in [5.41, 5.74) is 0.907. The van der Waals surface area contributed by atoms with Gasteiger partial charge in [-0.2, -0.15) is 8.42 Å². The third-order valence-corrected chi connectivity index (χ3v) is 6.33. The van der Waals surface area contributed by atoms with Gasteiger partial charge >= 0.3 is 0 Å². The van der Waals surface area contributed by atoms with Gasteiger partial charge in [-0.15, -0.1) is 0 Å². The molecule has 0 heterocycles. The standard InChI is InChI=1S/C25H36O5S/c1-2-3-4-5-6-7-8-9-10-11-12-13-21-14-15-23(20-25(21)26)30-22-16-18-24(19-17-22)31(27,28)29/h14-20,26H,2-13H2,1H3,(H,27,28,29). The van der Waals surface area contributed by atoms with Crippen molar-refractivity contribution in [3.63, 3.8) is 0 Å². The Kier molecular flexibility index (Phi) is 10.9. The van der Waals surface area contributed by atoms with E-state index in [9.17, 15) is 13.5 Å². The number of benzene rings is 2. The van der Waals surface area contributed by atoms with Gasteiger partial charge in [0.25, 0.3) is 10.1 Å². The summed E-state index contributed by atoms with van der Waals surface area (Å²) in [5.74, 6) is 1.10. The van der Waals surface area contributed by atoms with Crippen molar-refractivity contribution in [2.75, 3.05) is 0 Å². The van der Waals surface area contributed by atoms with E-state index in [2.05, 4.69) is 6.92 Å². The summed E-state index contributed by atoms with van der Waals surface area (Å²) >= 11 is 0. The van der Waals surface area contributed by atoms with E-state index in [4.69, 9.17) is 9.29 Å². The quantitative estimate of drug-likeness (QED) is 0.221. The molecular formula is C25H36O5S. The van der Waals surface area contributed by atoms with Crippen molar-refractivity contribution < 1.29 is 22.8 Å². The highest BCUT2D eigenvalue weighted by molar-refractivity contribution is 7.85. The molecule has 0 aliphatic heterocycles. The molecule has 0 saturated carbocycles. The number of aryl methyl sites for hydroxylation is 1. The highest BCUT2D eigenvalue weighted by Gasteiger charge is 2.10. The molecular weight excluding hydrogens is 412 g/mol. The fourth-order valence-electron chi connectivity index (χ4n) is 3.61. The molecule has 2 rings (SSSR count). The summed E-state index contributed by atoms with van der Waals surface area (Å²) in [6, 6.07) is 10.7. The second-order valence-corrected chi connectivity index (χ2v) is 9.55. The third kappa shape index (κ3) is 9.74. The Morgan fingerprint density at radius 2 is 1.26 bits per heavy atom. The first-order valence-corrected chi connectivity index (χ1v) is 12.9. The van der Waals surface area contributed by atoms with Crippen molar-refractivity contribution in [3.8, 4) is 17.2 Å². The molecule has 5 nitrogen and oxygen atoms in total. The Bertz CT molecular complexity index is 875. The molecule has 0 aromatic heterocycles. The SMILES string of the molecule is CCCCCCCCCCCCCc1ccc(Oc2ccc(S(=O)(=O)O)cc2)cc1O. The third-order valence-electron chi connectivity index (χ3n) is 5.46. The van der Waals surface area contributed by atoms with Crippen LogP contribution >= 0.6 is 0 Å². The lowest BCUT2D eigenvalue weighted by Gasteiger charge is -2.09. The molecule has 0 unspecified atom stereocenters. The van der Waals surface area contributed by atoms with E-state index in [-0.39, 0.29) is 10.6 Å². The first-order valence-electron chi connectivity index (χ1n) is 11.5. The molecule has 0 aliphatic rings. The number of hydrogen-bond acceptors (Lipinski definition) is 4. The second kappa shape index (κ2) is 13.4. The number of ether oxygens (including phenoxy) is 1. The van der Waals surface area contributed by atoms with Gasteiger partial charge in [-0.1, -0.05) is 77.2 Å². The maximum Gasteiger partial charge on any atom is 0.294 e.